The van der Waals surface area contributed by atoms with Gasteiger partial charge >= 0.3 is 5.97 Å². The molecule has 1 aliphatic heterocycles. The third-order valence-corrected chi connectivity index (χ3v) is 6.44. The fourth-order valence-electron chi connectivity index (χ4n) is 3.81. The van der Waals surface area contributed by atoms with E-state index < -0.39 is 5.91 Å². The number of carbonyl (C=O) groups excluding carboxylic acids is 2. The van der Waals surface area contributed by atoms with Gasteiger partial charge in [-0.15, -0.1) is 11.3 Å². The second kappa shape index (κ2) is 8.46. The van der Waals surface area contributed by atoms with Crippen molar-refractivity contribution in [1.29, 1.82) is 0 Å². The first-order chi connectivity index (χ1) is 14.9. The molecule has 4 heterocycles. The number of aryl methyl sites for hydroxylation is 2. The first kappa shape index (κ1) is 21.0. The summed E-state index contributed by atoms with van der Waals surface area (Å²) in [4.78, 5) is 43.4. The number of esters is 1. The molecule has 0 spiro atoms. The van der Waals surface area contributed by atoms with Crippen LogP contribution in [0.25, 0.3) is 10.2 Å². The Morgan fingerprint density at radius 3 is 2.45 bits per heavy atom. The number of fused-ring (bicyclic) bond motifs is 1. The lowest BCUT2D eigenvalue weighted by Crippen LogP contribution is -2.47. The van der Waals surface area contributed by atoms with Gasteiger partial charge in [-0.2, -0.15) is 0 Å². The van der Waals surface area contributed by atoms with E-state index >= 15 is 0 Å². The van der Waals surface area contributed by atoms with Crippen LogP contribution >= 0.6 is 11.3 Å². The van der Waals surface area contributed by atoms with Crippen LogP contribution in [0, 0.1) is 13.8 Å². The van der Waals surface area contributed by atoms with E-state index in [1.165, 1.54) is 11.3 Å². The van der Waals surface area contributed by atoms with Crippen molar-refractivity contribution >= 4 is 45.1 Å². The number of piperazine rings is 1. The van der Waals surface area contributed by atoms with Gasteiger partial charge < -0.3 is 20.3 Å². The number of thiophene rings is 1. The van der Waals surface area contributed by atoms with Gasteiger partial charge in [0.1, 0.15) is 27.2 Å². The number of primary amides is 1. The summed E-state index contributed by atoms with van der Waals surface area (Å²) in [7, 11) is 0. The molecule has 0 bridgehead atoms. The number of hydrogen-bond acceptors (Lipinski definition) is 9. The van der Waals surface area contributed by atoms with Crippen molar-refractivity contribution in [1.82, 2.24) is 15.0 Å². The molecule has 4 rings (SSSR count). The first-order valence-corrected chi connectivity index (χ1v) is 10.9. The number of carbonyl (C=O) groups is 2. The lowest BCUT2D eigenvalue weighted by atomic mass is 10.1. The normalized spacial score (nSPS) is 14.2. The summed E-state index contributed by atoms with van der Waals surface area (Å²) < 4.78 is 5.21. The molecule has 0 radical (unpaired) electrons. The molecule has 0 atom stereocenters. The average molecular weight is 441 g/mol. The summed E-state index contributed by atoms with van der Waals surface area (Å²) in [6.07, 6.45) is 1.66. The highest BCUT2D eigenvalue weighted by molar-refractivity contribution is 7.20. The van der Waals surface area contributed by atoms with Crippen molar-refractivity contribution in [3.63, 3.8) is 0 Å². The number of anilines is 2. The van der Waals surface area contributed by atoms with Crippen LogP contribution in [-0.2, 0) is 4.74 Å². The third kappa shape index (κ3) is 3.90. The molecular formula is C21H24N6O3S. The first-order valence-electron chi connectivity index (χ1n) is 10.1. The van der Waals surface area contributed by atoms with Gasteiger partial charge in [0.15, 0.2) is 0 Å². The molecule has 1 aliphatic rings. The van der Waals surface area contributed by atoms with Gasteiger partial charge in [0, 0.05) is 32.4 Å². The molecule has 9 nitrogen and oxygen atoms in total. The van der Waals surface area contributed by atoms with E-state index in [0.717, 1.165) is 21.6 Å². The average Bonchev–Trinajstić information content (AvgIpc) is 3.09. The molecule has 10 heteroatoms. The van der Waals surface area contributed by atoms with E-state index in [4.69, 9.17) is 15.5 Å². The zero-order valence-electron chi connectivity index (χ0n) is 17.7. The summed E-state index contributed by atoms with van der Waals surface area (Å²) in [5.74, 6) is 1.27. The minimum absolute atomic E-state index is 0.326. The third-order valence-electron chi connectivity index (χ3n) is 5.27. The Hall–Kier alpha value is -3.27. The smallest absolute Gasteiger partial charge is 0.348 e. The molecule has 162 valence electrons. The Labute approximate surface area is 183 Å². The minimum Gasteiger partial charge on any atom is -0.462 e. The standard InChI is InChI=1S/C21H24N6O3S/c1-4-30-21(29)16-12(2)15-19(24-13(3)25-20(15)31-16)27-10-8-26(9-11-27)18-14(17(22)28)6-5-7-23-18/h5-7H,4,8-11H2,1-3H3,(H2,22,28). The number of ether oxygens (including phenoxy) is 1. The Balaban J connectivity index is 1.64. The second-order valence-electron chi connectivity index (χ2n) is 7.26. The second-order valence-corrected chi connectivity index (χ2v) is 8.26. The van der Waals surface area contributed by atoms with Crippen molar-refractivity contribution in [2.24, 2.45) is 5.73 Å². The highest BCUT2D eigenvalue weighted by atomic mass is 32.1. The Kier molecular flexibility index (Phi) is 5.73. The van der Waals surface area contributed by atoms with Crippen LogP contribution in [-0.4, -0.2) is 59.6 Å². The van der Waals surface area contributed by atoms with Gasteiger partial charge in [0.2, 0.25) is 0 Å². The van der Waals surface area contributed by atoms with Crippen molar-refractivity contribution in [3.8, 4) is 0 Å². The van der Waals surface area contributed by atoms with Crippen LogP contribution in [0.3, 0.4) is 0 Å². The largest absolute Gasteiger partial charge is 0.462 e. The number of aromatic nitrogens is 3. The van der Waals surface area contributed by atoms with Gasteiger partial charge in [-0.25, -0.2) is 19.7 Å². The van der Waals surface area contributed by atoms with E-state index in [0.29, 0.717) is 54.9 Å². The summed E-state index contributed by atoms with van der Waals surface area (Å²) in [5.41, 5.74) is 6.78. The molecule has 0 aliphatic carbocycles. The molecule has 31 heavy (non-hydrogen) atoms. The number of nitrogens with two attached hydrogens (primary N) is 1. The Morgan fingerprint density at radius 2 is 1.81 bits per heavy atom. The monoisotopic (exact) mass is 440 g/mol. The molecule has 1 amide bonds. The molecule has 0 unspecified atom stereocenters. The van der Waals surface area contributed by atoms with E-state index in [1.54, 1.807) is 25.3 Å². The van der Waals surface area contributed by atoms with Gasteiger partial charge in [-0.1, -0.05) is 0 Å². The molecule has 1 fully saturated rings. The lowest BCUT2D eigenvalue weighted by molar-refractivity contribution is 0.0531. The summed E-state index contributed by atoms with van der Waals surface area (Å²) in [6.45, 7) is 8.58. The zero-order chi connectivity index (χ0) is 22.1. The van der Waals surface area contributed by atoms with Crippen LogP contribution in [0.1, 0.15) is 38.3 Å². The zero-order valence-corrected chi connectivity index (χ0v) is 18.5. The maximum atomic E-state index is 12.4. The molecule has 0 saturated carbocycles. The number of hydrogen-bond donors (Lipinski definition) is 1. The van der Waals surface area contributed by atoms with Gasteiger partial charge in [0.05, 0.1) is 17.6 Å². The molecule has 0 aromatic carbocycles. The number of amides is 1. The Bertz CT molecular complexity index is 1150. The van der Waals surface area contributed by atoms with Crippen LogP contribution in [0.15, 0.2) is 18.3 Å². The fourth-order valence-corrected chi connectivity index (χ4v) is 4.93. The maximum absolute atomic E-state index is 12.4. The van der Waals surface area contributed by atoms with Gasteiger partial charge in [0.25, 0.3) is 5.91 Å². The van der Waals surface area contributed by atoms with Gasteiger partial charge in [-0.3, -0.25) is 4.79 Å². The molecule has 3 aromatic rings. The molecule has 3 aromatic heterocycles. The van der Waals surface area contributed by atoms with Crippen molar-refractivity contribution < 1.29 is 14.3 Å². The predicted octanol–water partition coefficient (Wildman–Crippen LogP) is 2.31. The van der Waals surface area contributed by atoms with E-state index in [-0.39, 0.29) is 5.97 Å². The van der Waals surface area contributed by atoms with Crippen molar-refractivity contribution in [2.75, 3.05) is 42.6 Å². The predicted molar refractivity (Wildman–Crippen MR) is 120 cm³/mol. The topological polar surface area (TPSA) is 115 Å². The molecule has 1 saturated heterocycles. The molecular weight excluding hydrogens is 416 g/mol. The lowest BCUT2D eigenvalue weighted by Gasteiger charge is -2.36. The summed E-state index contributed by atoms with van der Waals surface area (Å²) >= 11 is 1.34. The Morgan fingerprint density at radius 1 is 1.13 bits per heavy atom. The number of nitrogens with zero attached hydrogens (tertiary/aromatic N) is 5. The fraction of sp³-hybridized carbons (Fsp3) is 0.381. The van der Waals surface area contributed by atoms with E-state index in [1.807, 2.05) is 13.8 Å². The van der Waals surface area contributed by atoms with Crippen LogP contribution in [0.5, 0.6) is 0 Å². The van der Waals surface area contributed by atoms with Crippen LogP contribution in [0.4, 0.5) is 11.6 Å². The van der Waals surface area contributed by atoms with E-state index in [2.05, 4.69) is 19.8 Å². The molecule has 2 N–H and O–H groups in total. The quantitative estimate of drug-likeness (QED) is 0.601. The van der Waals surface area contributed by atoms with Gasteiger partial charge in [-0.05, 0) is 38.5 Å². The highest BCUT2D eigenvalue weighted by Gasteiger charge is 2.27. The summed E-state index contributed by atoms with van der Waals surface area (Å²) in [6, 6.07) is 3.40. The van der Waals surface area contributed by atoms with E-state index in [9.17, 15) is 9.59 Å². The van der Waals surface area contributed by atoms with Crippen LogP contribution < -0.4 is 15.5 Å². The highest BCUT2D eigenvalue weighted by Crippen LogP contribution is 2.36. The minimum atomic E-state index is -0.487. The van der Waals surface area contributed by atoms with Crippen LogP contribution in [0.2, 0.25) is 0 Å². The van der Waals surface area contributed by atoms with Crippen molar-refractivity contribution in [3.05, 3.63) is 40.2 Å². The maximum Gasteiger partial charge on any atom is 0.348 e. The SMILES string of the molecule is CCOC(=O)c1sc2nc(C)nc(N3CCN(c4ncccc4C(N)=O)CC3)c2c1C. The summed E-state index contributed by atoms with van der Waals surface area (Å²) in [5, 5.41) is 0.891. The van der Waals surface area contributed by atoms with Crippen molar-refractivity contribution in [2.45, 2.75) is 20.8 Å². The number of rotatable bonds is 5. The number of pyridine rings is 1.